The van der Waals surface area contributed by atoms with E-state index in [0.29, 0.717) is 6.61 Å². The van der Waals surface area contributed by atoms with Gasteiger partial charge in [0.05, 0.1) is 12.0 Å². The summed E-state index contributed by atoms with van der Waals surface area (Å²) in [5.74, 6) is 0.0667. The number of piperidine rings is 1. The number of benzene rings is 1. The van der Waals surface area contributed by atoms with E-state index in [1.54, 1.807) is 7.11 Å². The number of amides is 1. The zero-order valence-electron chi connectivity index (χ0n) is 11.1. The molecule has 0 spiro atoms. The van der Waals surface area contributed by atoms with Crippen LogP contribution in [0.4, 0.5) is 5.69 Å². The molecule has 1 heterocycles. The van der Waals surface area contributed by atoms with Crippen molar-refractivity contribution < 1.29 is 9.53 Å². The zero-order chi connectivity index (χ0) is 12.8. The first kappa shape index (κ1) is 16.0. The topological polar surface area (TPSA) is 50.4 Å². The molecule has 0 radical (unpaired) electrons. The first-order valence-electron chi connectivity index (χ1n) is 6.33. The average molecular weight is 285 g/mol. The highest BCUT2D eigenvalue weighted by Crippen LogP contribution is 2.30. The summed E-state index contributed by atoms with van der Waals surface area (Å²) in [6, 6.07) is 9.58. The van der Waals surface area contributed by atoms with Crippen molar-refractivity contribution in [3.8, 4) is 0 Å². The maximum Gasteiger partial charge on any atom is 0.233 e. The van der Waals surface area contributed by atoms with Crippen LogP contribution in [0.5, 0.6) is 0 Å². The standard InChI is InChI=1S/C14H20N2O2.ClH/c1-18-11-14(7-9-15-10-8-14)13(17)16-12-5-3-2-4-6-12;/h2-6,15H,7-11H2,1H3,(H,16,17);1H. The number of hydrogen-bond donors (Lipinski definition) is 2. The Morgan fingerprint density at radius 3 is 2.53 bits per heavy atom. The number of halogens is 1. The van der Waals surface area contributed by atoms with E-state index in [-0.39, 0.29) is 18.3 Å². The van der Waals surface area contributed by atoms with Crippen LogP contribution in [0.3, 0.4) is 0 Å². The van der Waals surface area contributed by atoms with Gasteiger partial charge in [0.1, 0.15) is 0 Å². The fraction of sp³-hybridized carbons (Fsp3) is 0.500. The van der Waals surface area contributed by atoms with Crippen molar-refractivity contribution >= 4 is 24.0 Å². The van der Waals surface area contributed by atoms with Crippen molar-refractivity contribution in [3.05, 3.63) is 30.3 Å². The molecule has 1 aromatic rings. The highest BCUT2D eigenvalue weighted by Gasteiger charge is 2.39. The molecule has 19 heavy (non-hydrogen) atoms. The molecule has 1 aliphatic heterocycles. The van der Waals surface area contributed by atoms with E-state index in [2.05, 4.69) is 10.6 Å². The third kappa shape index (κ3) is 3.93. The summed E-state index contributed by atoms with van der Waals surface area (Å²) in [6.07, 6.45) is 1.64. The average Bonchev–Trinajstić information content (AvgIpc) is 2.41. The van der Waals surface area contributed by atoms with Crippen molar-refractivity contribution in [2.75, 3.05) is 32.1 Å². The predicted molar refractivity (Wildman–Crippen MR) is 78.7 cm³/mol. The molecule has 0 aliphatic carbocycles. The minimum Gasteiger partial charge on any atom is -0.384 e. The van der Waals surface area contributed by atoms with Gasteiger partial charge in [0, 0.05) is 12.8 Å². The Kier molecular flexibility index (Phi) is 6.28. The van der Waals surface area contributed by atoms with Crippen LogP contribution >= 0.6 is 12.4 Å². The van der Waals surface area contributed by atoms with Gasteiger partial charge in [-0.05, 0) is 38.1 Å². The number of ether oxygens (including phenoxy) is 1. The molecule has 1 aromatic carbocycles. The van der Waals surface area contributed by atoms with Gasteiger partial charge in [0.25, 0.3) is 0 Å². The van der Waals surface area contributed by atoms with Crippen LogP contribution in [-0.2, 0) is 9.53 Å². The molecule has 0 atom stereocenters. The van der Waals surface area contributed by atoms with Crippen LogP contribution < -0.4 is 10.6 Å². The van der Waals surface area contributed by atoms with Crippen LogP contribution in [0.2, 0.25) is 0 Å². The van der Waals surface area contributed by atoms with E-state index in [4.69, 9.17) is 4.74 Å². The lowest BCUT2D eigenvalue weighted by atomic mass is 9.78. The number of anilines is 1. The Bertz CT molecular complexity index is 386. The molecular formula is C14H21ClN2O2. The molecule has 5 heteroatoms. The number of para-hydroxylation sites is 1. The van der Waals surface area contributed by atoms with Crippen LogP contribution in [0.15, 0.2) is 30.3 Å². The molecule has 0 aromatic heterocycles. The Labute approximate surface area is 120 Å². The van der Waals surface area contributed by atoms with Gasteiger partial charge in [-0.3, -0.25) is 4.79 Å². The summed E-state index contributed by atoms with van der Waals surface area (Å²) < 4.78 is 5.25. The summed E-state index contributed by atoms with van der Waals surface area (Å²) >= 11 is 0. The number of carbonyl (C=O) groups is 1. The largest absolute Gasteiger partial charge is 0.384 e. The number of rotatable bonds is 4. The van der Waals surface area contributed by atoms with Crippen molar-refractivity contribution in [1.82, 2.24) is 5.32 Å². The second kappa shape index (κ2) is 7.48. The van der Waals surface area contributed by atoms with Crippen molar-refractivity contribution in [3.63, 3.8) is 0 Å². The van der Waals surface area contributed by atoms with Gasteiger partial charge in [-0.15, -0.1) is 12.4 Å². The highest BCUT2D eigenvalue weighted by molar-refractivity contribution is 5.95. The maximum atomic E-state index is 12.5. The Hall–Kier alpha value is -1.10. The number of carbonyl (C=O) groups excluding carboxylic acids is 1. The first-order chi connectivity index (χ1) is 8.77. The van der Waals surface area contributed by atoms with E-state index in [1.807, 2.05) is 30.3 Å². The summed E-state index contributed by atoms with van der Waals surface area (Å²) in [7, 11) is 1.65. The molecular weight excluding hydrogens is 264 g/mol. The minimum atomic E-state index is -0.393. The molecule has 0 saturated carbocycles. The maximum absolute atomic E-state index is 12.5. The number of hydrogen-bond acceptors (Lipinski definition) is 3. The van der Waals surface area contributed by atoms with Crippen LogP contribution in [0, 0.1) is 5.41 Å². The summed E-state index contributed by atoms with van der Waals surface area (Å²) in [6.45, 7) is 2.21. The number of methoxy groups -OCH3 is 1. The molecule has 0 bridgehead atoms. The Balaban J connectivity index is 0.00000180. The van der Waals surface area contributed by atoms with Gasteiger partial charge >= 0.3 is 0 Å². The normalized spacial score (nSPS) is 17.3. The zero-order valence-corrected chi connectivity index (χ0v) is 12.0. The van der Waals surface area contributed by atoms with Gasteiger partial charge in [0.2, 0.25) is 5.91 Å². The molecule has 1 amide bonds. The second-order valence-corrected chi connectivity index (χ2v) is 4.78. The summed E-state index contributed by atoms with van der Waals surface area (Å²) in [5, 5.41) is 6.27. The molecule has 1 saturated heterocycles. The minimum absolute atomic E-state index is 0. The predicted octanol–water partition coefficient (Wildman–Crippen LogP) is 2.06. The van der Waals surface area contributed by atoms with Gasteiger partial charge in [-0.25, -0.2) is 0 Å². The quantitative estimate of drug-likeness (QED) is 0.890. The van der Waals surface area contributed by atoms with Gasteiger partial charge < -0.3 is 15.4 Å². The van der Waals surface area contributed by atoms with Crippen molar-refractivity contribution in [2.24, 2.45) is 5.41 Å². The van der Waals surface area contributed by atoms with Crippen LogP contribution in [0.1, 0.15) is 12.8 Å². The SMILES string of the molecule is COCC1(C(=O)Nc2ccccc2)CCNCC1.Cl. The molecule has 0 unspecified atom stereocenters. The van der Waals surface area contributed by atoms with E-state index < -0.39 is 5.41 Å². The fourth-order valence-electron chi connectivity index (χ4n) is 2.40. The van der Waals surface area contributed by atoms with Gasteiger partial charge in [-0.2, -0.15) is 0 Å². The molecule has 2 rings (SSSR count). The molecule has 106 valence electrons. The second-order valence-electron chi connectivity index (χ2n) is 4.78. The monoisotopic (exact) mass is 284 g/mol. The highest BCUT2D eigenvalue weighted by atomic mass is 35.5. The Morgan fingerprint density at radius 1 is 1.32 bits per heavy atom. The van der Waals surface area contributed by atoms with Crippen molar-refractivity contribution in [1.29, 1.82) is 0 Å². The summed E-state index contributed by atoms with van der Waals surface area (Å²) in [5.41, 5.74) is 0.451. The third-order valence-corrected chi connectivity index (χ3v) is 3.49. The molecule has 2 N–H and O–H groups in total. The third-order valence-electron chi connectivity index (χ3n) is 3.49. The number of nitrogens with one attached hydrogen (secondary N) is 2. The first-order valence-corrected chi connectivity index (χ1v) is 6.33. The van der Waals surface area contributed by atoms with Crippen LogP contribution in [0.25, 0.3) is 0 Å². The van der Waals surface area contributed by atoms with Crippen LogP contribution in [-0.4, -0.2) is 32.7 Å². The lowest BCUT2D eigenvalue weighted by Crippen LogP contribution is -2.47. The van der Waals surface area contributed by atoms with Crippen molar-refractivity contribution in [2.45, 2.75) is 12.8 Å². The molecule has 1 fully saturated rings. The molecule has 4 nitrogen and oxygen atoms in total. The van der Waals surface area contributed by atoms with Gasteiger partial charge in [0.15, 0.2) is 0 Å². The van der Waals surface area contributed by atoms with E-state index in [9.17, 15) is 4.79 Å². The smallest absolute Gasteiger partial charge is 0.233 e. The molecule has 1 aliphatic rings. The lowest BCUT2D eigenvalue weighted by molar-refractivity contribution is -0.130. The van der Waals surface area contributed by atoms with E-state index in [0.717, 1.165) is 31.6 Å². The fourth-order valence-corrected chi connectivity index (χ4v) is 2.40. The van der Waals surface area contributed by atoms with E-state index in [1.165, 1.54) is 0 Å². The van der Waals surface area contributed by atoms with Gasteiger partial charge in [-0.1, -0.05) is 18.2 Å². The lowest BCUT2D eigenvalue weighted by Gasteiger charge is -2.35. The van der Waals surface area contributed by atoms with E-state index >= 15 is 0 Å². The summed E-state index contributed by atoms with van der Waals surface area (Å²) in [4.78, 5) is 12.5. The Morgan fingerprint density at radius 2 is 1.95 bits per heavy atom.